The van der Waals surface area contributed by atoms with Gasteiger partial charge in [0.25, 0.3) is 0 Å². The summed E-state index contributed by atoms with van der Waals surface area (Å²) in [6.45, 7) is 0.630. The van der Waals surface area contributed by atoms with Crippen molar-refractivity contribution in [2.75, 3.05) is 7.11 Å². The zero-order chi connectivity index (χ0) is 13.7. The van der Waals surface area contributed by atoms with E-state index in [4.69, 9.17) is 9.84 Å². The van der Waals surface area contributed by atoms with Gasteiger partial charge < -0.3 is 9.84 Å². The fraction of sp³-hybridized carbons (Fsp3) is 0.143. The van der Waals surface area contributed by atoms with Gasteiger partial charge in [-0.2, -0.15) is 5.10 Å². The lowest BCUT2D eigenvalue weighted by Crippen LogP contribution is -2.00. The second-order valence-electron chi connectivity index (χ2n) is 3.95. The summed E-state index contributed by atoms with van der Waals surface area (Å²) in [5, 5.41) is 12.8. The number of ether oxygens (including phenoxy) is 1. The van der Waals surface area contributed by atoms with Crippen molar-refractivity contribution in [3.05, 3.63) is 53.9 Å². The number of aromatic nitrogens is 2. The van der Waals surface area contributed by atoms with Crippen LogP contribution in [0.15, 0.2) is 42.7 Å². The molecule has 0 atom stereocenters. The van der Waals surface area contributed by atoms with Crippen LogP contribution in [0.2, 0.25) is 0 Å². The quantitative estimate of drug-likeness (QED) is 0.833. The minimum Gasteiger partial charge on any atom is -0.496 e. The Morgan fingerprint density at radius 1 is 1.53 bits per heavy atom. The Morgan fingerprint density at radius 2 is 2.37 bits per heavy atom. The molecule has 1 aromatic heterocycles. The highest BCUT2D eigenvalue weighted by Gasteiger charge is 2.03. The Balaban J connectivity index is 2.27. The summed E-state index contributed by atoms with van der Waals surface area (Å²) in [5.74, 6) is -0.346. The highest BCUT2D eigenvalue weighted by Crippen LogP contribution is 2.21. The van der Waals surface area contributed by atoms with Crippen LogP contribution in [-0.4, -0.2) is 28.0 Å². The minimum atomic E-state index is -0.987. The average molecular weight is 258 g/mol. The lowest BCUT2D eigenvalue weighted by Gasteiger charge is -2.08. The molecule has 98 valence electrons. The van der Waals surface area contributed by atoms with Crippen molar-refractivity contribution in [2.24, 2.45) is 0 Å². The molecule has 0 aliphatic rings. The van der Waals surface area contributed by atoms with Crippen molar-refractivity contribution in [3.63, 3.8) is 0 Å². The second-order valence-corrected chi connectivity index (χ2v) is 3.95. The van der Waals surface area contributed by atoms with E-state index < -0.39 is 5.97 Å². The molecular formula is C14H14N2O3. The topological polar surface area (TPSA) is 64.4 Å². The van der Waals surface area contributed by atoms with Crippen LogP contribution in [0.3, 0.4) is 0 Å². The van der Waals surface area contributed by atoms with E-state index in [1.165, 1.54) is 6.08 Å². The summed E-state index contributed by atoms with van der Waals surface area (Å²) in [5.41, 5.74) is 1.75. The molecule has 0 saturated carbocycles. The molecule has 0 aliphatic carbocycles. The van der Waals surface area contributed by atoms with Gasteiger partial charge in [0, 0.05) is 24.0 Å². The number of hydrogen-bond donors (Lipinski definition) is 1. The SMILES string of the molecule is COc1ccc(Cn2cccn2)cc1/C=C/C(=O)O. The van der Waals surface area contributed by atoms with E-state index >= 15 is 0 Å². The van der Waals surface area contributed by atoms with Crippen LogP contribution in [-0.2, 0) is 11.3 Å². The zero-order valence-corrected chi connectivity index (χ0v) is 10.5. The molecule has 19 heavy (non-hydrogen) atoms. The third-order valence-corrected chi connectivity index (χ3v) is 2.60. The Labute approximate surface area is 110 Å². The lowest BCUT2D eigenvalue weighted by atomic mass is 10.1. The molecule has 2 aromatic rings. The minimum absolute atomic E-state index is 0.630. The summed E-state index contributed by atoms with van der Waals surface area (Å²) in [7, 11) is 1.56. The number of rotatable bonds is 5. The van der Waals surface area contributed by atoms with Crippen LogP contribution in [0.4, 0.5) is 0 Å². The number of methoxy groups -OCH3 is 1. The van der Waals surface area contributed by atoms with Crippen molar-refractivity contribution in [1.29, 1.82) is 0 Å². The fourth-order valence-corrected chi connectivity index (χ4v) is 1.75. The number of carboxylic acids is 1. The highest BCUT2D eigenvalue weighted by atomic mass is 16.5. The van der Waals surface area contributed by atoms with Gasteiger partial charge in [-0.3, -0.25) is 4.68 Å². The van der Waals surface area contributed by atoms with Crippen LogP contribution in [0, 0.1) is 0 Å². The van der Waals surface area contributed by atoms with Crippen LogP contribution in [0.25, 0.3) is 6.08 Å². The van der Waals surface area contributed by atoms with Crippen LogP contribution in [0.5, 0.6) is 5.75 Å². The van der Waals surface area contributed by atoms with E-state index in [0.29, 0.717) is 12.3 Å². The molecule has 2 rings (SSSR count). The molecule has 1 N–H and O–H groups in total. The third kappa shape index (κ3) is 3.45. The molecular weight excluding hydrogens is 244 g/mol. The molecule has 1 heterocycles. The highest BCUT2D eigenvalue weighted by molar-refractivity contribution is 5.85. The van der Waals surface area contributed by atoms with Gasteiger partial charge in [-0.25, -0.2) is 4.79 Å². The summed E-state index contributed by atoms with van der Waals surface area (Å²) in [6, 6.07) is 7.49. The van der Waals surface area contributed by atoms with Crippen molar-refractivity contribution < 1.29 is 14.6 Å². The Hall–Kier alpha value is -2.56. The monoisotopic (exact) mass is 258 g/mol. The molecule has 0 fully saturated rings. The number of carboxylic acid groups (broad SMARTS) is 1. The van der Waals surface area contributed by atoms with Crippen LogP contribution < -0.4 is 4.74 Å². The van der Waals surface area contributed by atoms with E-state index in [1.807, 2.05) is 30.5 Å². The van der Waals surface area contributed by atoms with E-state index in [1.54, 1.807) is 18.0 Å². The first kappa shape index (κ1) is 12.9. The van der Waals surface area contributed by atoms with Crippen molar-refractivity contribution >= 4 is 12.0 Å². The fourth-order valence-electron chi connectivity index (χ4n) is 1.75. The number of benzene rings is 1. The standard InChI is InChI=1S/C14H14N2O3/c1-19-13-5-3-11(10-16-8-2-7-15-16)9-12(13)4-6-14(17)18/h2-9H,10H2,1H3,(H,17,18)/b6-4+. The lowest BCUT2D eigenvalue weighted by molar-refractivity contribution is -0.131. The Bertz CT molecular complexity index is 589. The number of carbonyl (C=O) groups is 1. The average Bonchev–Trinajstić information content (AvgIpc) is 2.89. The summed E-state index contributed by atoms with van der Waals surface area (Å²) in [4.78, 5) is 10.6. The van der Waals surface area contributed by atoms with E-state index in [0.717, 1.165) is 17.2 Å². The predicted molar refractivity (Wildman–Crippen MR) is 71.0 cm³/mol. The molecule has 5 heteroatoms. The smallest absolute Gasteiger partial charge is 0.328 e. The first-order valence-electron chi connectivity index (χ1n) is 5.74. The van der Waals surface area contributed by atoms with E-state index in [9.17, 15) is 4.79 Å². The van der Waals surface area contributed by atoms with E-state index in [2.05, 4.69) is 5.10 Å². The van der Waals surface area contributed by atoms with Gasteiger partial charge in [-0.15, -0.1) is 0 Å². The van der Waals surface area contributed by atoms with Crippen LogP contribution >= 0.6 is 0 Å². The third-order valence-electron chi connectivity index (χ3n) is 2.60. The summed E-state index contributed by atoms with van der Waals surface area (Å²) < 4.78 is 7.00. The molecule has 0 aliphatic heterocycles. The summed E-state index contributed by atoms with van der Waals surface area (Å²) >= 11 is 0. The molecule has 0 radical (unpaired) electrons. The molecule has 0 saturated heterocycles. The molecule has 0 amide bonds. The molecule has 0 spiro atoms. The number of aliphatic carboxylic acids is 1. The van der Waals surface area contributed by atoms with Gasteiger partial charge in [0.1, 0.15) is 5.75 Å². The largest absolute Gasteiger partial charge is 0.496 e. The Morgan fingerprint density at radius 3 is 3.00 bits per heavy atom. The van der Waals surface area contributed by atoms with Crippen molar-refractivity contribution in [1.82, 2.24) is 9.78 Å². The first-order valence-corrected chi connectivity index (χ1v) is 5.74. The first-order chi connectivity index (χ1) is 9.19. The maximum atomic E-state index is 10.6. The zero-order valence-electron chi connectivity index (χ0n) is 10.5. The van der Waals surface area contributed by atoms with Gasteiger partial charge in [0.2, 0.25) is 0 Å². The molecule has 0 bridgehead atoms. The predicted octanol–water partition coefficient (Wildman–Crippen LogP) is 2.04. The molecule has 0 unspecified atom stereocenters. The van der Waals surface area contributed by atoms with Crippen molar-refractivity contribution in [3.8, 4) is 5.75 Å². The van der Waals surface area contributed by atoms with Gasteiger partial charge in [-0.05, 0) is 29.8 Å². The molecule has 5 nitrogen and oxygen atoms in total. The Kier molecular flexibility index (Phi) is 3.97. The van der Waals surface area contributed by atoms with Gasteiger partial charge in [0.15, 0.2) is 0 Å². The second kappa shape index (κ2) is 5.86. The van der Waals surface area contributed by atoms with E-state index in [-0.39, 0.29) is 0 Å². The van der Waals surface area contributed by atoms with Gasteiger partial charge >= 0.3 is 5.97 Å². The summed E-state index contributed by atoms with van der Waals surface area (Å²) in [6.07, 6.45) is 6.20. The van der Waals surface area contributed by atoms with Crippen molar-refractivity contribution in [2.45, 2.75) is 6.54 Å². The number of nitrogens with zero attached hydrogens (tertiary/aromatic N) is 2. The normalized spacial score (nSPS) is 10.8. The van der Waals surface area contributed by atoms with Crippen LogP contribution in [0.1, 0.15) is 11.1 Å². The molecule has 1 aromatic carbocycles. The maximum absolute atomic E-state index is 10.6. The maximum Gasteiger partial charge on any atom is 0.328 e. The van der Waals surface area contributed by atoms with Gasteiger partial charge in [-0.1, -0.05) is 6.07 Å². The number of hydrogen-bond acceptors (Lipinski definition) is 3. The van der Waals surface area contributed by atoms with Gasteiger partial charge in [0.05, 0.1) is 13.7 Å².